The number of amidine groups is 1. The lowest BCUT2D eigenvalue weighted by atomic mass is 10.2. The molecular weight excluding hydrogens is 228 g/mol. The van der Waals surface area contributed by atoms with Gasteiger partial charge < -0.3 is 15.6 Å². The summed E-state index contributed by atoms with van der Waals surface area (Å²) in [4.78, 5) is 4.19. The smallest absolute Gasteiger partial charge is 0.141 e. The van der Waals surface area contributed by atoms with Gasteiger partial charge in [0.1, 0.15) is 23.0 Å². The molecule has 0 fully saturated rings. The van der Waals surface area contributed by atoms with Crippen molar-refractivity contribution in [2.24, 2.45) is 10.7 Å². The van der Waals surface area contributed by atoms with Crippen molar-refractivity contribution >= 4 is 11.5 Å². The Hall–Kier alpha value is -2.49. The average Bonchev–Trinajstić information content (AvgIpc) is 2.41. The highest BCUT2D eigenvalue weighted by Crippen LogP contribution is 2.25. The molecule has 0 atom stereocenters. The monoisotopic (exact) mass is 242 g/mol. The van der Waals surface area contributed by atoms with E-state index < -0.39 is 0 Å². The standard InChI is InChI=1S/C14H14N2O2/c1-18-11-8-6-10(7-9-11)14(15)16-12-4-2-3-5-13(12)17/h2-9,17H,1H3,(H2,15,16). The van der Waals surface area contributed by atoms with Crippen LogP contribution in [0.2, 0.25) is 0 Å². The summed E-state index contributed by atoms with van der Waals surface area (Å²) in [6, 6.07) is 14.0. The van der Waals surface area contributed by atoms with E-state index in [2.05, 4.69) is 4.99 Å². The Morgan fingerprint density at radius 2 is 1.78 bits per heavy atom. The molecule has 0 aliphatic rings. The summed E-state index contributed by atoms with van der Waals surface area (Å²) in [7, 11) is 1.61. The summed E-state index contributed by atoms with van der Waals surface area (Å²) >= 11 is 0. The van der Waals surface area contributed by atoms with Crippen LogP contribution in [0.25, 0.3) is 0 Å². The average molecular weight is 242 g/mol. The number of methoxy groups -OCH3 is 1. The summed E-state index contributed by atoms with van der Waals surface area (Å²) in [6.07, 6.45) is 0. The molecule has 2 rings (SSSR count). The van der Waals surface area contributed by atoms with Crippen molar-refractivity contribution in [3.63, 3.8) is 0 Å². The molecule has 0 bridgehead atoms. The molecule has 92 valence electrons. The number of para-hydroxylation sites is 2. The highest BCUT2D eigenvalue weighted by Gasteiger charge is 2.02. The van der Waals surface area contributed by atoms with Gasteiger partial charge in [-0.3, -0.25) is 0 Å². The van der Waals surface area contributed by atoms with Gasteiger partial charge in [0.05, 0.1) is 7.11 Å². The number of nitrogens with zero attached hydrogens (tertiary/aromatic N) is 1. The maximum atomic E-state index is 9.61. The quantitative estimate of drug-likeness (QED) is 0.641. The maximum absolute atomic E-state index is 9.61. The molecular formula is C14H14N2O2. The number of rotatable bonds is 3. The third kappa shape index (κ3) is 2.60. The zero-order chi connectivity index (χ0) is 13.0. The number of phenols is 1. The van der Waals surface area contributed by atoms with Crippen molar-refractivity contribution in [2.45, 2.75) is 0 Å². The first-order valence-corrected chi connectivity index (χ1v) is 5.47. The van der Waals surface area contributed by atoms with Crippen LogP contribution in [-0.4, -0.2) is 18.1 Å². The third-order valence-corrected chi connectivity index (χ3v) is 2.51. The van der Waals surface area contributed by atoms with Gasteiger partial charge in [-0.2, -0.15) is 0 Å². The minimum Gasteiger partial charge on any atom is -0.506 e. The first kappa shape index (κ1) is 12.0. The van der Waals surface area contributed by atoms with Crippen molar-refractivity contribution in [1.29, 1.82) is 0 Å². The predicted molar refractivity (Wildman–Crippen MR) is 71.5 cm³/mol. The summed E-state index contributed by atoms with van der Waals surface area (Å²) in [5.74, 6) is 1.21. The Morgan fingerprint density at radius 3 is 2.39 bits per heavy atom. The molecule has 0 aliphatic heterocycles. The van der Waals surface area contributed by atoms with Crippen molar-refractivity contribution in [3.05, 3.63) is 54.1 Å². The van der Waals surface area contributed by atoms with E-state index in [9.17, 15) is 5.11 Å². The first-order chi connectivity index (χ1) is 8.70. The maximum Gasteiger partial charge on any atom is 0.141 e. The number of aliphatic imine (C=N–C) groups is 1. The fourth-order valence-corrected chi connectivity index (χ4v) is 1.51. The lowest BCUT2D eigenvalue weighted by molar-refractivity contribution is 0.415. The largest absolute Gasteiger partial charge is 0.506 e. The topological polar surface area (TPSA) is 67.8 Å². The minimum absolute atomic E-state index is 0.106. The van der Waals surface area contributed by atoms with Gasteiger partial charge in [-0.15, -0.1) is 0 Å². The lowest BCUT2D eigenvalue weighted by Crippen LogP contribution is -2.12. The molecule has 3 N–H and O–H groups in total. The molecule has 0 aromatic heterocycles. The second-order valence-electron chi connectivity index (χ2n) is 3.71. The second kappa shape index (κ2) is 5.23. The van der Waals surface area contributed by atoms with Crippen LogP contribution >= 0.6 is 0 Å². The van der Waals surface area contributed by atoms with Crippen LogP contribution in [0.15, 0.2) is 53.5 Å². The van der Waals surface area contributed by atoms with Gasteiger partial charge in [-0.05, 0) is 36.4 Å². The number of ether oxygens (including phenoxy) is 1. The van der Waals surface area contributed by atoms with Gasteiger partial charge in [0.2, 0.25) is 0 Å². The van der Waals surface area contributed by atoms with Gasteiger partial charge in [-0.25, -0.2) is 4.99 Å². The molecule has 2 aromatic rings. The molecule has 0 saturated heterocycles. The SMILES string of the molecule is COc1ccc(C(N)=Nc2ccccc2O)cc1. The molecule has 0 heterocycles. The van der Waals surface area contributed by atoms with E-state index >= 15 is 0 Å². The highest BCUT2D eigenvalue weighted by molar-refractivity contribution is 5.99. The molecule has 4 heteroatoms. The molecule has 18 heavy (non-hydrogen) atoms. The summed E-state index contributed by atoms with van der Waals surface area (Å²) in [5.41, 5.74) is 7.11. The fraction of sp³-hybridized carbons (Fsp3) is 0.0714. The molecule has 0 saturated carbocycles. The van der Waals surface area contributed by atoms with E-state index in [1.165, 1.54) is 0 Å². The van der Waals surface area contributed by atoms with Crippen LogP contribution in [0.3, 0.4) is 0 Å². The zero-order valence-electron chi connectivity index (χ0n) is 10.00. The Morgan fingerprint density at radius 1 is 1.11 bits per heavy atom. The van der Waals surface area contributed by atoms with Crippen LogP contribution < -0.4 is 10.5 Å². The van der Waals surface area contributed by atoms with Gasteiger partial charge >= 0.3 is 0 Å². The molecule has 0 aliphatic carbocycles. The van der Waals surface area contributed by atoms with Gasteiger partial charge in [0, 0.05) is 5.56 Å². The number of nitrogens with two attached hydrogens (primary N) is 1. The fourth-order valence-electron chi connectivity index (χ4n) is 1.51. The summed E-state index contributed by atoms with van der Waals surface area (Å²) < 4.78 is 5.07. The predicted octanol–water partition coefficient (Wildman–Crippen LogP) is 2.44. The van der Waals surface area contributed by atoms with E-state index in [4.69, 9.17) is 10.5 Å². The Kier molecular flexibility index (Phi) is 3.48. The van der Waals surface area contributed by atoms with Crippen LogP contribution in [0.4, 0.5) is 5.69 Å². The number of hydrogen-bond acceptors (Lipinski definition) is 3. The highest BCUT2D eigenvalue weighted by atomic mass is 16.5. The molecule has 0 amide bonds. The lowest BCUT2D eigenvalue weighted by Gasteiger charge is -2.04. The van der Waals surface area contributed by atoms with Crippen molar-refractivity contribution < 1.29 is 9.84 Å². The van der Waals surface area contributed by atoms with Crippen LogP contribution in [-0.2, 0) is 0 Å². The molecule has 0 unspecified atom stereocenters. The molecule has 0 radical (unpaired) electrons. The minimum atomic E-state index is 0.106. The molecule has 0 spiro atoms. The third-order valence-electron chi connectivity index (χ3n) is 2.51. The van der Waals surface area contributed by atoms with E-state index in [0.717, 1.165) is 11.3 Å². The van der Waals surface area contributed by atoms with Crippen LogP contribution in [0.1, 0.15) is 5.56 Å². The Balaban J connectivity index is 2.30. The number of aromatic hydroxyl groups is 1. The summed E-state index contributed by atoms with van der Waals surface area (Å²) in [6.45, 7) is 0. The Labute approximate surface area is 105 Å². The van der Waals surface area contributed by atoms with E-state index in [-0.39, 0.29) is 5.75 Å². The van der Waals surface area contributed by atoms with Crippen molar-refractivity contribution in [2.75, 3.05) is 7.11 Å². The number of hydrogen-bond donors (Lipinski definition) is 2. The molecule has 4 nitrogen and oxygen atoms in total. The van der Waals surface area contributed by atoms with Crippen LogP contribution in [0.5, 0.6) is 11.5 Å². The van der Waals surface area contributed by atoms with Crippen molar-refractivity contribution in [3.8, 4) is 11.5 Å². The van der Waals surface area contributed by atoms with Crippen LogP contribution in [0, 0.1) is 0 Å². The second-order valence-corrected chi connectivity index (χ2v) is 3.71. The van der Waals surface area contributed by atoms with Gasteiger partial charge in [0.25, 0.3) is 0 Å². The number of phenolic OH excluding ortho intramolecular Hbond substituents is 1. The Bertz CT molecular complexity index is 562. The summed E-state index contributed by atoms with van der Waals surface area (Å²) in [5, 5.41) is 9.61. The zero-order valence-corrected chi connectivity index (χ0v) is 10.00. The molecule has 2 aromatic carbocycles. The van der Waals surface area contributed by atoms with E-state index in [0.29, 0.717) is 11.5 Å². The normalized spacial score (nSPS) is 11.3. The van der Waals surface area contributed by atoms with E-state index in [1.54, 1.807) is 31.4 Å². The van der Waals surface area contributed by atoms with E-state index in [1.807, 2.05) is 24.3 Å². The van der Waals surface area contributed by atoms with Gasteiger partial charge in [-0.1, -0.05) is 12.1 Å². The first-order valence-electron chi connectivity index (χ1n) is 5.47. The van der Waals surface area contributed by atoms with Crippen molar-refractivity contribution in [1.82, 2.24) is 0 Å². The van der Waals surface area contributed by atoms with Gasteiger partial charge in [0.15, 0.2) is 0 Å². The number of benzene rings is 2.